The van der Waals surface area contributed by atoms with E-state index in [2.05, 4.69) is 5.32 Å². The lowest BCUT2D eigenvalue weighted by Gasteiger charge is -2.20. The highest BCUT2D eigenvalue weighted by Gasteiger charge is 2.12. The van der Waals surface area contributed by atoms with Gasteiger partial charge in [0.2, 0.25) is 5.91 Å². The second-order valence-corrected chi connectivity index (χ2v) is 4.48. The summed E-state index contributed by atoms with van der Waals surface area (Å²) in [4.78, 5) is 13.7. The van der Waals surface area contributed by atoms with E-state index in [-0.39, 0.29) is 25.7 Å². The molecular weight excluding hydrogens is 260 g/mol. The Hall–Kier alpha value is -1.63. The first-order chi connectivity index (χ1) is 9.60. The molecule has 0 aliphatic rings. The molecule has 0 aromatic heterocycles. The highest BCUT2D eigenvalue weighted by molar-refractivity contribution is 5.93. The third-order valence-electron chi connectivity index (χ3n) is 2.83. The fourth-order valence-corrected chi connectivity index (χ4v) is 1.87. The second-order valence-electron chi connectivity index (χ2n) is 4.48. The van der Waals surface area contributed by atoms with E-state index in [0.717, 1.165) is 5.56 Å². The van der Waals surface area contributed by atoms with Gasteiger partial charge in [0.05, 0.1) is 32.6 Å². The van der Waals surface area contributed by atoms with Crippen LogP contribution in [0.5, 0.6) is 5.75 Å². The lowest BCUT2D eigenvalue weighted by atomic mass is 10.2. The summed E-state index contributed by atoms with van der Waals surface area (Å²) in [6, 6.07) is 5.53. The van der Waals surface area contributed by atoms with Gasteiger partial charge in [-0.15, -0.1) is 0 Å². The fraction of sp³-hybridized carbons (Fsp3) is 0.500. The van der Waals surface area contributed by atoms with Crippen molar-refractivity contribution in [3.8, 4) is 5.75 Å². The van der Waals surface area contributed by atoms with Crippen LogP contribution in [-0.4, -0.2) is 61.0 Å². The van der Waals surface area contributed by atoms with Gasteiger partial charge < -0.3 is 20.3 Å². The summed E-state index contributed by atoms with van der Waals surface area (Å²) in [6.45, 7) is 2.62. The van der Waals surface area contributed by atoms with Crippen molar-refractivity contribution in [3.05, 3.63) is 23.8 Å². The number of hydrogen-bond donors (Lipinski definition) is 3. The minimum atomic E-state index is -0.212. The van der Waals surface area contributed by atoms with Gasteiger partial charge in [-0.3, -0.25) is 9.69 Å². The standard InChI is InChI=1S/C14H22N2O4/c1-11-3-4-13(20-2)12(9-11)15-14(19)10-16(5-7-17)6-8-18/h3-4,9,17-18H,5-8,10H2,1-2H3,(H,15,19). The van der Waals surface area contributed by atoms with Gasteiger partial charge in [-0.1, -0.05) is 6.07 Å². The molecule has 0 saturated heterocycles. The summed E-state index contributed by atoms with van der Waals surface area (Å²) in [5.41, 5.74) is 1.63. The molecule has 0 aliphatic heterocycles. The Morgan fingerprint density at radius 3 is 2.50 bits per heavy atom. The molecule has 0 unspecified atom stereocenters. The number of ether oxygens (including phenoxy) is 1. The molecule has 0 saturated carbocycles. The van der Waals surface area contributed by atoms with Crippen LogP contribution in [0.3, 0.4) is 0 Å². The van der Waals surface area contributed by atoms with Crippen LogP contribution in [0.1, 0.15) is 5.56 Å². The molecule has 1 aromatic carbocycles. The van der Waals surface area contributed by atoms with E-state index in [1.807, 2.05) is 19.1 Å². The number of aryl methyl sites for hydroxylation is 1. The molecule has 0 atom stereocenters. The van der Waals surface area contributed by atoms with E-state index in [1.54, 1.807) is 18.1 Å². The molecule has 0 aliphatic carbocycles. The first kappa shape index (κ1) is 16.4. The minimum Gasteiger partial charge on any atom is -0.495 e. The van der Waals surface area contributed by atoms with Crippen molar-refractivity contribution in [1.29, 1.82) is 0 Å². The van der Waals surface area contributed by atoms with Crippen molar-refractivity contribution in [1.82, 2.24) is 4.90 Å². The van der Waals surface area contributed by atoms with Gasteiger partial charge in [0, 0.05) is 13.1 Å². The van der Waals surface area contributed by atoms with E-state index in [1.165, 1.54) is 0 Å². The monoisotopic (exact) mass is 282 g/mol. The van der Waals surface area contributed by atoms with E-state index in [9.17, 15) is 4.79 Å². The van der Waals surface area contributed by atoms with Crippen LogP contribution in [0.4, 0.5) is 5.69 Å². The van der Waals surface area contributed by atoms with E-state index >= 15 is 0 Å². The Kier molecular flexibility index (Phi) is 7.00. The average Bonchev–Trinajstić information content (AvgIpc) is 2.39. The molecule has 112 valence electrons. The summed E-state index contributed by atoms with van der Waals surface area (Å²) in [6.07, 6.45) is 0. The number of aliphatic hydroxyl groups excluding tert-OH is 2. The van der Waals surface area contributed by atoms with Crippen molar-refractivity contribution in [2.75, 3.05) is 45.3 Å². The predicted molar refractivity (Wildman–Crippen MR) is 77.0 cm³/mol. The number of carbonyl (C=O) groups is 1. The largest absolute Gasteiger partial charge is 0.495 e. The highest BCUT2D eigenvalue weighted by atomic mass is 16.5. The van der Waals surface area contributed by atoms with Gasteiger partial charge in [0.25, 0.3) is 0 Å². The normalized spacial score (nSPS) is 10.7. The van der Waals surface area contributed by atoms with Crippen LogP contribution in [0, 0.1) is 6.92 Å². The summed E-state index contributed by atoms with van der Waals surface area (Å²) >= 11 is 0. The number of anilines is 1. The molecule has 0 fully saturated rings. The van der Waals surface area contributed by atoms with Crippen LogP contribution in [0.25, 0.3) is 0 Å². The maximum absolute atomic E-state index is 12.0. The lowest BCUT2D eigenvalue weighted by molar-refractivity contribution is -0.117. The summed E-state index contributed by atoms with van der Waals surface area (Å²) < 4.78 is 5.19. The number of rotatable bonds is 8. The van der Waals surface area contributed by atoms with E-state index in [4.69, 9.17) is 14.9 Å². The molecule has 0 heterocycles. The first-order valence-corrected chi connectivity index (χ1v) is 6.49. The van der Waals surface area contributed by atoms with Gasteiger partial charge in [-0.05, 0) is 24.6 Å². The third kappa shape index (κ3) is 5.16. The molecule has 0 spiro atoms. The summed E-state index contributed by atoms with van der Waals surface area (Å²) in [5, 5.41) is 20.6. The molecule has 6 nitrogen and oxygen atoms in total. The van der Waals surface area contributed by atoms with Gasteiger partial charge in [-0.2, -0.15) is 0 Å². The number of benzene rings is 1. The molecule has 0 radical (unpaired) electrons. The van der Waals surface area contributed by atoms with Crippen molar-refractivity contribution in [2.24, 2.45) is 0 Å². The minimum absolute atomic E-state index is 0.0545. The van der Waals surface area contributed by atoms with Gasteiger partial charge >= 0.3 is 0 Å². The Bertz CT molecular complexity index is 431. The second kappa shape index (κ2) is 8.52. The smallest absolute Gasteiger partial charge is 0.238 e. The zero-order valence-corrected chi connectivity index (χ0v) is 11.9. The van der Waals surface area contributed by atoms with Crippen molar-refractivity contribution in [2.45, 2.75) is 6.92 Å². The fourth-order valence-electron chi connectivity index (χ4n) is 1.87. The maximum Gasteiger partial charge on any atom is 0.238 e. The number of methoxy groups -OCH3 is 1. The lowest BCUT2D eigenvalue weighted by Crippen LogP contribution is -2.37. The number of nitrogens with zero attached hydrogens (tertiary/aromatic N) is 1. The molecule has 0 bridgehead atoms. The topological polar surface area (TPSA) is 82.0 Å². The molecule has 20 heavy (non-hydrogen) atoms. The molecule has 1 amide bonds. The number of carbonyl (C=O) groups excluding carboxylic acids is 1. The molecule has 6 heteroatoms. The van der Waals surface area contributed by atoms with Crippen molar-refractivity contribution >= 4 is 11.6 Å². The highest BCUT2D eigenvalue weighted by Crippen LogP contribution is 2.25. The quantitative estimate of drug-likeness (QED) is 0.636. The predicted octanol–water partition coefficient (Wildman–Crippen LogP) is 0.229. The van der Waals surface area contributed by atoms with Crippen LogP contribution in [0.2, 0.25) is 0 Å². The number of hydrogen-bond acceptors (Lipinski definition) is 5. The first-order valence-electron chi connectivity index (χ1n) is 6.49. The third-order valence-corrected chi connectivity index (χ3v) is 2.83. The molecular formula is C14H22N2O4. The van der Waals surface area contributed by atoms with E-state index < -0.39 is 0 Å². The Balaban J connectivity index is 2.67. The Labute approximate surface area is 119 Å². The average molecular weight is 282 g/mol. The SMILES string of the molecule is COc1ccc(C)cc1NC(=O)CN(CCO)CCO. The van der Waals surface area contributed by atoms with Crippen LogP contribution < -0.4 is 10.1 Å². The zero-order chi connectivity index (χ0) is 15.0. The molecule has 1 aromatic rings. The number of amides is 1. The van der Waals surface area contributed by atoms with Gasteiger partial charge in [0.15, 0.2) is 0 Å². The molecule has 1 rings (SSSR count). The Morgan fingerprint density at radius 1 is 1.30 bits per heavy atom. The number of nitrogens with one attached hydrogen (secondary N) is 1. The van der Waals surface area contributed by atoms with Crippen LogP contribution in [-0.2, 0) is 4.79 Å². The maximum atomic E-state index is 12.0. The van der Waals surface area contributed by atoms with Crippen molar-refractivity contribution < 1.29 is 19.7 Å². The zero-order valence-electron chi connectivity index (χ0n) is 11.9. The van der Waals surface area contributed by atoms with Crippen LogP contribution in [0.15, 0.2) is 18.2 Å². The Morgan fingerprint density at radius 2 is 1.95 bits per heavy atom. The van der Waals surface area contributed by atoms with Crippen molar-refractivity contribution in [3.63, 3.8) is 0 Å². The summed E-state index contributed by atoms with van der Waals surface area (Å²) in [7, 11) is 1.55. The van der Waals surface area contributed by atoms with Crippen LogP contribution >= 0.6 is 0 Å². The van der Waals surface area contributed by atoms with E-state index in [0.29, 0.717) is 24.5 Å². The molecule has 3 N–H and O–H groups in total. The van der Waals surface area contributed by atoms with Gasteiger partial charge in [0.1, 0.15) is 5.75 Å². The van der Waals surface area contributed by atoms with Gasteiger partial charge in [-0.25, -0.2) is 0 Å². The summed E-state index contributed by atoms with van der Waals surface area (Å²) in [5.74, 6) is 0.385. The number of aliphatic hydroxyl groups is 2.